The zero-order chi connectivity index (χ0) is 29.4. The third kappa shape index (κ3) is 7.14. The number of halogens is 1. The van der Waals surface area contributed by atoms with Crippen molar-refractivity contribution in [3.8, 4) is 5.75 Å². The molecule has 3 aromatic rings. The highest BCUT2D eigenvalue weighted by Crippen LogP contribution is 2.34. The number of nitrogens with one attached hydrogen (secondary N) is 1. The quantitative estimate of drug-likeness (QED) is 0.319. The van der Waals surface area contributed by atoms with Crippen LogP contribution in [0, 0.1) is 13.8 Å². The molecule has 0 heterocycles. The molecule has 2 amide bonds. The van der Waals surface area contributed by atoms with Crippen LogP contribution in [0.5, 0.6) is 5.75 Å². The highest BCUT2D eigenvalue weighted by atomic mass is 35.5. The van der Waals surface area contributed by atoms with Gasteiger partial charge in [0.15, 0.2) is 0 Å². The van der Waals surface area contributed by atoms with Crippen LogP contribution in [0.1, 0.15) is 37.0 Å². The maximum Gasteiger partial charge on any atom is 0.264 e. The second-order valence-electron chi connectivity index (χ2n) is 9.43. The van der Waals surface area contributed by atoms with Gasteiger partial charge < -0.3 is 15.0 Å². The Morgan fingerprint density at radius 1 is 0.975 bits per heavy atom. The predicted octanol–water partition coefficient (Wildman–Crippen LogP) is 5.10. The zero-order valence-corrected chi connectivity index (χ0v) is 25.1. The van der Waals surface area contributed by atoms with Crippen molar-refractivity contribution in [2.75, 3.05) is 24.5 Å². The minimum atomic E-state index is -4.21. The molecule has 0 saturated carbocycles. The van der Waals surface area contributed by atoms with Gasteiger partial charge in [0.2, 0.25) is 11.8 Å². The molecule has 10 heteroatoms. The topological polar surface area (TPSA) is 96.0 Å². The minimum absolute atomic E-state index is 0.0253. The maximum atomic E-state index is 14.1. The van der Waals surface area contributed by atoms with Crippen molar-refractivity contribution in [1.82, 2.24) is 10.2 Å². The van der Waals surface area contributed by atoms with Gasteiger partial charge in [0, 0.05) is 18.1 Å². The lowest BCUT2D eigenvalue weighted by Gasteiger charge is -2.33. The van der Waals surface area contributed by atoms with Gasteiger partial charge in [-0.3, -0.25) is 13.9 Å². The van der Waals surface area contributed by atoms with Crippen LogP contribution >= 0.6 is 11.6 Å². The number of anilines is 1. The highest BCUT2D eigenvalue weighted by molar-refractivity contribution is 7.92. The molecule has 0 fully saturated rings. The molecule has 1 atom stereocenters. The van der Waals surface area contributed by atoms with Gasteiger partial charge in [0.25, 0.3) is 10.0 Å². The van der Waals surface area contributed by atoms with E-state index in [1.807, 2.05) is 13.8 Å². The number of likely N-dealkylation sites (N-methyl/N-ethyl adjacent to an activating group) is 1. The summed E-state index contributed by atoms with van der Waals surface area (Å²) in [6.07, 6.45) is 0.320. The first-order chi connectivity index (χ1) is 19.0. The summed E-state index contributed by atoms with van der Waals surface area (Å²) in [5.74, 6) is -0.591. The SMILES string of the molecule is CCNC(=O)[C@H](CC)N(Cc1ccccc1Cl)C(=O)CN(c1cc(C)ccc1OC)S(=O)(=O)c1ccc(C)cc1. The normalized spacial score (nSPS) is 11.9. The molecule has 0 radical (unpaired) electrons. The molecule has 0 saturated heterocycles. The summed E-state index contributed by atoms with van der Waals surface area (Å²) in [7, 11) is -2.77. The van der Waals surface area contributed by atoms with Crippen LogP contribution in [-0.2, 0) is 26.2 Å². The lowest BCUT2D eigenvalue weighted by atomic mass is 10.1. The Hall–Kier alpha value is -3.56. The van der Waals surface area contributed by atoms with Crippen LogP contribution in [0.4, 0.5) is 5.69 Å². The zero-order valence-electron chi connectivity index (χ0n) is 23.5. The van der Waals surface area contributed by atoms with E-state index in [0.717, 1.165) is 15.4 Å². The molecule has 0 unspecified atom stereocenters. The van der Waals surface area contributed by atoms with Crippen molar-refractivity contribution in [3.05, 3.63) is 88.4 Å². The number of benzene rings is 3. The molecule has 3 rings (SSSR count). The molecule has 214 valence electrons. The summed E-state index contributed by atoms with van der Waals surface area (Å²) in [5, 5.41) is 3.23. The van der Waals surface area contributed by atoms with Crippen LogP contribution in [0.25, 0.3) is 0 Å². The van der Waals surface area contributed by atoms with E-state index < -0.39 is 28.5 Å². The number of nitrogens with zero attached hydrogens (tertiary/aromatic N) is 2. The number of ether oxygens (including phenoxy) is 1. The van der Waals surface area contributed by atoms with Gasteiger partial charge in [-0.05, 0) is 68.7 Å². The smallest absolute Gasteiger partial charge is 0.264 e. The first kappa shape index (κ1) is 31.0. The first-order valence-electron chi connectivity index (χ1n) is 13.1. The second kappa shape index (κ2) is 13.7. The van der Waals surface area contributed by atoms with Crippen LogP contribution in [-0.4, -0.2) is 51.4 Å². The van der Waals surface area contributed by atoms with E-state index in [-0.39, 0.29) is 23.0 Å². The molecule has 40 heavy (non-hydrogen) atoms. The van der Waals surface area contributed by atoms with Crippen LogP contribution in [0.15, 0.2) is 71.6 Å². The lowest BCUT2D eigenvalue weighted by molar-refractivity contribution is -0.140. The van der Waals surface area contributed by atoms with Crippen molar-refractivity contribution in [2.45, 2.75) is 51.6 Å². The molecule has 1 N–H and O–H groups in total. The number of hydrogen-bond acceptors (Lipinski definition) is 5. The third-order valence-corrected chi connectivity index (χ3v) is 8.67. The average Bonchev–Trinajstić information content (AvgIpc) is 2.92. The number of aryl methyl sites for hydroxylation is 2. The van der Waals surface area contributed by atoms with Gasteiger partial charge in [0.1, 0.15) is 18.3 Å². The molecule has 0 aliphatic carbocycles. The predicted molar refractivity (Wildman–Crippen MR) is 158 cm³/mol. The van der Waals surface area contributed by atoms with Gasteiger partial charge in [-0.25, -0.2) is 8.42 Å². The highest BCUT2D eigenvalue weighted by Gasteiger charge is 2.35. The Balaban J connectivity index is 2.14. The van der Waals surface area contributed by atoms with Crippen LogP contribution in [0.3, 0.4) is 0 Å². The van der Waals surface area contributed by atoms with Gasteiger partial charge in [-0.1, -0.05) is 60.5 Å². The first-order valence-corrected chi connectivity index (χ1v) is 14.9. The van der Waals surface area contributed by atoms with Crippen molar-refractivity contribution in [2.24, 2.45) is 0 Å². The lowest BCUT2D eigenvalue weighted by Crippen LogP contribution is -2.52. The van der Waals surface area contributed by atoms with Crippen molar-refractivity contribution < 1.29 is 22.7 Å². The number of hydrogen-bond donors (Lipinski definition) is 1. The summed E-state index contributed by atoms with van der Waals surface area (Å²) in [4.78, 5) is 28.6. The molecule has 0 aliphatic heterocycles. The Bertz CT molecular complexity index is 1440. The largest absolute Gasteiger partial charge is 0.495 e. The Kier molecular flexibility index (Phi) is 10.6. The number of carbonyl (C=O) groups excluding carboxylic acids is 2. The summed E-state index contributed by atoms with van der Waals surface area (Å²) >= 11 is 6.42. The fourth-order valence-electron chi connectivity index (χ4n) is 4.37. The summed E-state index contributed by atoms with van der Waals surface area (Å²) in [6.45, 7) is 7.14. The van der Waals surface area contributed by atoms with Gasteiger partial charge >= 0.3 is 0 Å². The Morgan fingerprint density at radius 3 is 2.23 bits per heavy atom. The van der Waals surface area contributed by atoms with Gasteiger partial charge in [-0.15, -0.1) is 0 Å². The second-order valence-corrected chi connectivity index (χ2v) is 11.7. The Labute approximate surface area is 241 Å². The molecular formula is C30H36ClN3O5S. The summed E-state index contributed by atoms with van der Waals surface area (Å²) in [5.41, 5.74) is 2.55. The number of methoxy groups -OCH3 is 1. The third-order valence-electron chi connectivity index (χ3n) is 6.53. The molecule has 0 spiro atoms. The summed E-state index contributed by atoms with van der Waals surface area (Å²) in [6, 6.07) is 17.8. The van der Waals surface area contributed by atoms with Crippen molar-refractivity contribution in [1.29, 1.82) is 0 Å². The number of amides is 2. The molecule has 0 aromatic heterocycles. The minimum Gasteiger partial charge on any atom is -0.495 e. The van der Waals surface area contributed by atoms with Gasteiger partial charge in [-0.2, -0.15) is 0 Å². The standard InChI is InChI=1S/C30H36ClN3O5S/c1-6-26(30(36)32-7-2)33(19-23-10-8-9-11-25(23)31)29(35)20-34(27-18-22(4)14-17-28(27)39-5)40(37,38)24-15-12-21(3)13-16-24/h8-18,26H,6-7,19-20H2,1-5H3,(H,32,36)/t26-/m0/s1. The van der Waals surface area contributed by atoms with Crippen LogP contribution < -0.4 is 14.4 Å². The van der Waals surface area contributed by atoms with Gasteiger partial charge in [0.05, 0.1) is 17.7 Å². The summed E-state index contributed by atoms with van der Waals surface area (Å²) < 4.78 is 34.7. The fourth-order valence-corrected chi connectivity index (χ4v) is 5.98. The molecule has 3 aromatic carbocycles. The monoisotopic (exact) mass is 585 g/mol. The fraction of sp³-hybridized carbons (Fsp3) is 0.333. The van der Waals surface area contributed by atoms with E-state index in [2.05, 4.69) is 5.32 Å². The van der Waals surface area contributed by atoms with E-state index >= 15 is 0 Å². The number of carbonyl (C=O) groups is 2. The van der Waals surface area contributed by atoms with Crippen molar-refractivity contribution >= 4 is 39.1 Å². The molecule has 8 nitrogen and oxygen atoms in total. The molecule has 0 bridgehead atoms. The molecular weight excluding hydrogens is 550 g/mol. The average molecular weight is 586 g/mol. The van der Waals surface area contributed by atoms with E-state index in [9.17, 15) is 18.0 Å². The maximum absolute atomic E-state index is 14.1. The van der Waals surface area contributed by atoms with Crippen LogP contribution in [0.2, 0.25) is 5.02 Å². The van der Waals surface area contributed by atoms with E-state index in [1.165, 1.54) is 24.1 Å². The number of rotatable bonds is 12. The molecule has 0 aliphatic rings. The van der Waals surface area contributed by atoms with E-state index in [0.29, 0.717) is 29.3 Å². The number of sulfonamides is 1. The van der Waals surface area contributed by atoms with Crippen molar-refractivity contribution in [3.63, 3.8) is 0 Å². The Morgan fingerprint density at radius 2 is 1.62 bits per heavy atom. The van der Waals surface area contributed by atoms with E-state index in [4.69, 9.17) is 16.3 Å². The van der Waals surface area contributed by atoms with E-state index in [1.54, 1.807) is 68.4 Å².